The molecule has 0 bridgehead atoms. The minimum Gasteiger partial charge on any atom is -0.477 e. The fourth-order valence-electron chi connectivity index (χ4n) is 6.40. The van der Waals surface area contributed by atoms with E-state index in [1.165, 1.54) is 11.3 Å². The molecule has 1 atom stereocenters. The predicted molar refractivity (Wildman–Crippen MR) is 171 cm³/mol. The second-order valence-electron chi connectivity index (χ2n) is 11.3. The van der Waals surface area contributed by atoms with Gasteiger partial charge in [0, 0.05) is 29.1 Å². The van der Waals surface area contributed by atoms with Crippen molar-refractivity contribution >= 4 is 44.3 Å². The molecule has 6 aromatic rings. The lowest BCUT2D eigenvalue weighted by atomic mass is 9.99. The van der Waals surface area contributed by atoms with Crippen LogP contribution in [0.15, 0.2) is 77.2 Å². The van der Waals surface area contributed by atoms with Gasteiger partial charge in [0.15, 0.2) is 0 Å². The molecule has 43 heavy (non-hydrogen) atoms. The topological polar surface area (TPSA) is 88.6 Å². The SMILES string of the molecule is Cc1cc(-c2ccc3cc(-c4c(-c5ccccc5)c5sc(C(=O)O)cc5n4CC(=O)N4CCCC4C)ccc3n2)c(C)o1. The Hall–Kier alpha value is -4.69. The zero-order valence-electron chi connectivity index (χ0n) is 24.3. The van der Waals surface area contributed by atoms with Crippen LogP contribution in [0.1, 0.15) is 41.0 Å². The molecule has 7 nitrogen and oxygen atoms in total. The van der Waals surface area contributed by atoms with Crippen molar-refractivity contribution in [3.05, 3.63) is 89.2 Å². The van der Waals surface area contributed by atoms with E-state index in [9.17, 15) is 14.7 Å². The fraction of sp³-hybridized carbons (Fsp3) is 0.229. The van der Waals surface area contributed by atoms with Crippen molar-refractivity contribution in [3.8, 4) is 33.6 Å². The summed E-state index contributed by atoms with van der Waals surface area (Å²) in [4.78, 5) is 32.9. The van der Waals surface area contributed by atoms with Crippen molar-refractivity contribution in [2.24, 2.45) is 0 Å². The van der Waals surface area contributed by atoms with E-state index in [1.54, 1.807) is 6.07 Å². The van der Waals surface area contributed by atoms with Crippen LogP contribution >= 0.6 is 11.3 Å². The van der Waals surface area contributed by atoms with Gasteiger partial charge in [-0.15, -0.1) is 11.3 Å². The number of pyridine rings is 1. The number of benzene rings is 2. The van der Waals surface area contributed by atoms with E-state index in [0.29, 0.717) is 0 Å². The Bertz CT molecular complexity index is 2030. The van der Waals surface area contributed by atoms with Gasteiger partial charge in [0.25, 0.3) is 0 Å². The van der Waals surface area contributed by atoms with Gasteiger partial charge in [-0.1, -0.05) is 42.5 Å². The Kier molecular flexibility index (Phi) is 6.66. The van der Waals surface area contributed by atoms with Crippen molar-refractivity contribution in [2.75, 3.05) is 6.54 Å². The Morgan fingerprint density at radius 1 is 1.02 bits per heavy atom. The maximum Gasteiger partial charge on any atom is 0.345 e. The lowest BCUT2D eigenvalue weighted by Gasteiger charge is -2.23. The summed E-state index contributed by atoms with van der Waals surface area (Å²) in [6.07, 6.45) is 1.99. The number of hydrogen-bond donors (Lipinski definition) is 1. The van der Waals surface area contributed by atoms with Crippen molar-refractivity contribution in [1.82, 2.24) is 14.5 Å². The summed E-state index contributed by atoms with van der Waals surface area (Å²) >= 11 is 1.26. The predicted octanol–water partition coefficient (Wildman–Crippen LogP) is 8.17. The number of aromatic carboxylic acids is 1. The highest BCUT2D eigenvalue weighted by Crippen LogP contribution is 2.45. The van der Waals surface area contributed by atoms with Gasteiger partial charge in [-0.05, 0) is 75.1 Å². The van der Waals surface area contributed by atoms with Crippen LogP contribution in [0.25, 0.3) is 54.8 Å². The quantitative estimate of drug-likeness (QED) is 0.212. The standard InChI is InChI=1S/C35H31N3O4S/c1-20-8-7-15-37(20)31(39)19-38-29-18-30(35(40)41)43-34(29)32(23-9-5-4-6-10-23)33(38)25-12-13-27-24(17-25)11-14-28(36-27)26-16-21(2)42-22(26)3/h4-6,9-14,16-18,20H,7-8,15,19H2,1-3H3,(H,40,41). The molecule has 0 spiro atoms. The summed E-state index contributed by atoms with van der Waals surface area (Å²) in [5.41, 5.74) is 7.20. The minimum atomic E-state index is -0.969. The van der Waals surface area contributed by atoms with Gasteiger partial charge in [-0.25, -0.2) is 9.78 Å². The lowest BCUT2D eigenvalue weighted by Crippen LogP contribution is -2.36. The van der Waals surface area contributed by atoms with Crippen LogP contribution in [0.3, 0.4) is 0 Å². The van der Waals surface area contributed by atoms with Crippen molar-refractivity contribution < 1.29 is 19.1 Å². The highest BCUT2D eigenvalue weighted by atomic mass is 32.1. The molecule has 5 heterocycles. The van der Waals surface area contributed by atoms with Gasteiger partial charge in [-0.2, -0.15) is 0 Å². The molecule has 0 radical (unpaired) electrons. The Morgan fingerprint density at radius 3 is 2.53 bits per heavy atom. The highest BCUT2D eigenvalue weighted by Gasteiger charge is 2.29. The summed E-state index contributed by atoms with van der Waals surface area (Å²) in [6, 6.07) is 24.2. The number of carbonyl (C=O) groups excluding carboxylic acids is 1. The maximum absolute atomic E-state index is 13.7. The van der Waals surface area contributed by atoms with Crippen molar-refractivity contribution in [2.45, 2.75) is 46.2 Å². The monoisotopic (exact) mass is 589 g/mol. The summed E-state index contributed by atoms with van der Waals surface area (Å²) in [6.45, 7) is 6.85. The Morgan fingerprint density at radius 2 is 1.84 bits per heavy atom. The molecule has 1 unspecified atom stereocenters. The third-order valence-corrected chi connectivity index (χ3v) is 9.59. The first-order chi connectivity index (χ1) is 20.8. The summed E-state index contributed by atoms with van der Waals surface area (Å²) < 4.78 is 8.62. The molecule has 2 aromatic carbocycles. The highest BCUT2D eigenvalue weighted by molar-refractivity contribution is 7.21. The zero-order valence-corrected chi connectivity index (χ0v) is 25.1. The molecule has 1 aliphatic heterocycles. The summed E-state index contributed by atoms with van der Waals surface area (Å²) in [7, 11) is 0. The number of amides is 1. The second kappa shape index (κ2) is 10.5. The van der Waals surface area contributed by atoms with E-state index in [4.69, 9.17) is 9.40 Å². The van der Waals surface area contributed by atoms with Crippen LogP contribution in [-0.2, 0) is 11.3 Å². The van der Waals surface area contributed by atoms with E-state index in [2.05, 4.69) is 25.1 Å². The smallest absolute Gasteiger partial charge is 0.345 e. The van der Waals surface area contributed by atoms with Gasteiger partial charge in [0.1, 0.15) is 22.9 Å². The van der Waals surface area contributed by atoms with Gasteiger partial charge in [0.2, 0.25) is 5.91 Å². The van der Waals surface area contributed by atoms with E-state index in [-0.39, 0.29) is 23.4 Å². The molecule has 0 aliphatic carbocycles. The third-order valence-electron chi connectivity index (χ3n) is 8.46. The molecule has 1 N–H and O–H groups in total. The van der Waals surface area contributed by atoms with Crippen LogP contribution < -0.4 is 0 Å². The van der Waals surface area contributed by atoms with Gasteiger partial charge >= 0.3 is 5.97 Å². The number of furan rings is 1. The maximum atomic E-state index is 13.7. The lowest BCUT2D eigenvalue weighted by molar-refractivity contribution is -0.132. The number of carbonyl (C=O) groups is 2. The number of likely N-dealkylation sites (tertiary alicyclic amines) is 1. The largest absolute Gasteiger partial charge is 0.477 e. The first kappa shape index (κ1) is 27.2. The number of aromatic nitrogens is 2. The number of thiophene rings is 1. The number of nitrogens with zero attached hydrogens (tertiary/aromatic N) is 3. The summed E-state index contributed by atoms with van der Waals surface area (Å²) in [5, 5.41) is 10.9. The van der Waals surface area contributed by atoms with Gasteiger partial charge in [0.05, 0.1) is 27.1 Å². The molecular formula is C35H31N3O4S. The number of rotatable bonds is 6. The van der Waals surface area contributed by atoms with Crippen LogP contribution in [0, 0.1) is 13.8 Å². The molecule has 1 amide bonds. The normalized spacial score (nSPS) is 15.1. The molecule has 216 valence electrons. The van der Waals surface area contributed by atoms with Gasteiger partial charge < -0.3 is 19.0 Å². The first-order valence-electron chi connectivity index (χ1n) is 14.5. The Balaban J connectivity index is 1.43. The summed E-state index contributed by atoms with van der Waals surface area (Å²) in [5.74, 6) is 0.763. The molecule has 0 saturated carbocycles. The Labute approximate surface area is 253 Å². The van der Waals surface area contributed by atoms with E-state index in [0.717, 1.165) is 85.7 Å². The second-order valence-corrected chi connectivity index (χ2v) is 12.4. The number of carboxylic acid groups (broad SMARTS) is 1. The number of aryl methyl sites for hydroxylation is 2. The average molecular weight is 590 g/mol. The number of hydrogen-bond acceptors (Lipinski definition) is 5. The van der Waals surface area contributed by atoms with Gasteiger partial charge in [-0.3, -0.25) is 4.79 Å². The van der Waals surface area contributed by atoms with Crippen LogP contribution in [0.4, 0.5) is 0 Å². The average Bonchev–Trinajstić information content (AvgIpc) is 3.77. The fourth-order valence-corrected chi connectivity index (χ4v) is 7.47. The van der Waals surface area contributed by atoms with Crippen LogP contribution in [0.5, 0.6) is 0 Å². The van der Waals surface area contributed by atoms with E-state index < -0.39 is 5.97 Å². The molecule has 1 saturated heterocycles. The molecule has 8 heteroatoms. The molecule has 1 aliphatic rings. The zero-order chi connectivity index (χ0) is 29.8. The first-order valence-corrected chi connectivity index (χ1v) is 15.3. The van der Waals surface area contributed by atoms with Crippen molar-refractivity contribution in [1.29, 1.82) is 0 Å². The van der Waals surface area contributed by atoms with Crippen LogP contribution in [-0.4, -0.2) is 44.0 Å². The molecule has 1 fully saturated rings. The number of fused-ring (bicyclic) bond motifs is 2. The van der Waals surface area contributed by atoms with Crippen LogP contribution in [0.2, 0.25) is 0 Å². The van der Waals surface area contributed by atoms with E-state index in [1.807, 2.05) is 71.8 Å². The minimum absolute atomic E-state index is 0.0451. The third kappa shape index (κ3) is 4.72. The molecule has 4 aromatic heterocycles. The van der Waals surface area contributed by atoms with Crippen molar-refractivity contribution in [3.63, 3.8) is 0 Å². The van der Waals surface area contributed by atoms with E-state index >= 15 is 0 Å². The molecular weight excluding hydrogens is 558 g/mol. The number of carboxylic acids is 1. The molecule has 7 rings (SSSR count).